The van der Waals surface area contributed by atoms with Crippen LogP contribution in [0.4, 0.5) is 0 Å². The molecule has 0 aliphatic carbocycles. The van der Waals surface area contributed by atoms with Gasteiger partial charge < -0.3 is 19.9 Å². The van der Waals surface area contributed by atoms with Gasteiger partial charge in [-0.3, -0.25) is 4.79 Å². The molecule has 5 heteroatoms. The Bertz CT molecular complexity index is 282. The third kappa shape index (κ3) is 5.47. The molecule has 0 saturated carbocycles. The molecule has 0 aromatic heterocycles. The summed E-state index contributed by atoms with van der Waals surface area (Å²) < 4.78 is 5.31. The van der Waals surface area contributed by atoms with Crippen LogP contribution in [-0.2, 0) is 9.53 Å². The smallest absolute Gasteiger partial charge is 0.239 e. The minimum Gasteiger partial charge on any atom is -0.380 e. The fourth-order valence-corrected chi connectivity index (χ4v) is 2.34. The molecule has 0 bridgehead atoms. The van der Waals surface area contributed by atoms with Crippen LogP contribution in [0.3, 0.4) is 0 Å². The molecule has 0 aromatic rings. The standard InChI is InChI=1S/C14H29N3O2/c1-11(2)10-17(7-6-16(3)4)14(18)13-8-12(19-5)9-15-13/h11-13,15H,6-10H2,1-5H3. The van der Waals surface area contributed by atoms with Crippen molar-refractivity contribution in [3.63, 3.8) is 0 Å². The second kappa shape index (κ2) is 7.82. The third-order valence-corrected chi connectivity index (χ3v) is 3.44. The molecular weight excluding hydrogens is 242 g/mol. The highest BCUT2D eigenvalue weighted by molar-refractivity contribution is 5.82. The number of methoxy groups -OCH3 is 1. The summed E-state index contributed by atoms with van der Waals surface area (Å²) in [6.45, 7) is 7.59. The normalized spacial score (nSPS) is 23.3. The Morgan fingerprint density at radius 1 is 1.37 bits per heavy atom. The van der Waals surface area contributed by atoms with Gasteiger partial charge in [-0.1, -0.05) is 13.8 Å². The van der Waals surface area contributed by atoms with Gasteiger partial charge in [-0.15, -0.1) is 0 Å². The highest BCUT2D eigenvalue weighted by Crippen LogP contribution is 2.13. The van der Waals surface area contributed by atoms with E-state index in [9.17, 15) is 4.79 Å². The Kier molecular flexibility index (Phi) is 6.75. The van der Waals surface area contributed by atoms with Crippen LogP contribution in [0, 0.1) is 5.92 Å². The monoisotopic (exact) mass is 271 g/mol. The van der Waals surface area contributed by atoms with E-state index in [0.29, 0.717) is 5.92 Å². The van der Waals surface area contributed by atoms with Crippen LogP contribution in [0.25, 0.3) is 0 Å². The second-order valence-corrected chi connectivity index (χ2v) is 6.04. The Morgan fingerprint density at radius 3 is 2.53 bits per heavy atom. The number of likely N-dealkylation sites (N-methyl/N-ethyl adjacent to an activating group) is 1. The minimum absolute atomic E-state index is 0.0779. The van der Waals surface area contributed by atoms with Gasteiger partial charge in [0.05, 0.1) is 12.1 Å². The minimum atomic E-state index is -0.0779. The van der Waals surface area contributed by atoms with Crippen molar-refractivity contribution in [3.05, 3.63) is 0 Å². The van der Waals surface area contributed by atoms with E-state index in [4.69, 9.17) is 4.74 Å². The number of hydrogen-bond acceptors (Lipinski definition) is 4. The maximum atomic E-state index is 12.5. The molecule has 1 aliphatic rings. The largest absolute Gasteiger partial charge is 0.380 e. The number of rotatable bonds is 7. The second-order valence-electron chi connectivity index (χ2n) is 6.04. The summed E-state index contributed by atoms with van der Waals surface area (Å²) in [5.41, 5.74) is 0. The third-order valence-electron chi connectivity index (χ3n) is 3.44. The summed E-state index contributed by atoms with van der Waals surface area (Å²) in [5, 5.41) is 3.27. The van der Waals surface area contributed by atoms with Crippen molar-refractivity contribution in [3.8, 4) is 0 Å². The fraction of sp³-hybridized carbons (Fsp3) is 0.929. The molecule has 0 spiro atoms. The topological polar surface area (TPSA) is 44.8 Å². The van der Waals surface area contributed by atoms with Crippen molar-refractivity contribution in [2.24, 2.45) is 5.92 Å². The predicted molar refractivity (Wildman–Crippen MR) is 77.2 cm³/mol. The van der Waals surface area contributed by atoms with E-state index >= 15 is 0 Å². The number of ether oxygens (including phenoxy) is 1. The number of carbonyl (C=O) groups excluding carboxylic acids is 1. The zero-order valence-electron chi connectivity index (χ0n) is 13.0. The Hall–Kier alpha value is -0.650. The summed E-state index contributed by atoms with van der Waals surface area (Å²) in [6, 6.07) is -0.0779. The van der Waals surface area contributed by atoms with Crippen LogP contribution in [0.5, 0.6) is 0 Å². The van der Waals surface area contributed by atoms with E-state index in [1.165, 1.54) is 0 Å². The van der Waals surface area contributed by atoms with Gasteiger partial charge in [-0.2, -0.15) is 0 Å². The average Bonchev–Trinajstić information content (AvgIpc) is 2.81. The summed E-state index contributed by atoms with van der Waals surface area (Å²) in [4.78, 5) is 16.6. The van der Waals surface area contributed by atoms with Gasteiger partial charge >= 0.3 is 0 Å². The van der Waals surface area contributed by atoms with Gasteiger partial charge in [-0.05, 0) is 26.4 Å². The van der Waals surface area contributed by atoms with Gasteiger partial charge in [0.15, 0.2) is 0 Å². The first-order chi connectivity index (χ1) is 8.93. The van der Waals surface area contributed by atoms with E-state index < -0.39 is 0 Å². The first-order valence-corrected chi connectivity index (χ1v) is 7.13. The molecule has 19 heavy (non-hydrogen) atoms. The van der Waals surface area contributed by atoms with E-state index in [0.717, 1.165) is 32.6 Å². The van der Waals surface area contributed by atoms with Gasteiger partial charge in [0.1, 0.15) is 0 Å². The maximum Gasteiger partial charge on any atom is 0.239 e. The van der Waals surface area contributed by atoms with E-state index in [2.05, 4.69) is 24.1 Å². The molecule has 1 fully saturated rings. The average molecular weight is 271 g/mol. The molecule has 1 amide bonds. The van der Waals surface area contributed by atoms with E-state index in [-0.39, 0.29) is 18.1 Å². The molecule has 1 rings (SSSR count). The van der Waals surface area contributed by atoms with Crippen molar-refractivity contribution in [2.45, 2.75) is 32.4 Å². The lowest BCUT2D eigenvalue weighted by Crippen LogP contribution is -2.47. The summed E-state index contributed by atoms with van der Waals surface area (Å²) in [7, 11) is 5.77. The van der Waals surface area contributed by atoms with Crippen molar-refractivity contribution >= 4 is 5.91 Å². The zero-order chi connectivity index (χ0) is 14.4. The van der Waals surface area contributed by atoms with E-state index in [1.807, 2.05) is 19.0 Å². The quantitative estimate of drug-likeness (QED) is 0.728. The zero-order valence-corrected chi connectivity index (χ0v) is 13.0. The lowest BCUT2D eigenvalue weighted by molar-refractivity contribution is -0.134. The van der Waals surface area contributed by atoms with Crippen molar-refractivity contribution in [1.82, 2.24) is 15.1 Å². The number of carbonyl (C=O) groups is 1. The molecule has 1 N–H and O–H groups in total. The van der Waals surface area contributed by atoms with Crippen molar-refractivity contribution in [2.75, 3.05) is 47.4 Å². The predicted octanol–water partition coefficient (Wildman–Crippen LogP) is 0.410. The first-order valence-electron chi connectivity index (χ1n) is 7.13. The van der Waals surface area contributed by atoms with E-state index in [1.54, 1.807) is 7.11 Å². The van der Waals surface area contributed by atoms with Gasteiger partial charge in [0, 0.05) is 33.3 Å². The highest BCUT2D eigenvalue weighted by Gasteiger charge is 2.32. The summed E-state index contributed by atoms with van der Waals surface area (Å²) in [6.07, 6.45) is 0.954. The first kappa shape index (κ1) is 16.4. The lowest BCUT2D eigenvalue weighted by Gasteiger charge is -2.28. The Labute approximate surface area is 117 Å². The van der Waals surface area contributed by atoms with Crippen LogP contribution in [-0.4, -0.2) is 75.2 Å². The molecule has 1 heterocycles. The molecule has 0 radical (unpaired) electrons. The SMILES string of the molecule is COC1CNC(C(=O)N(CCN(C)C)CC(C)C)C1. The van der Waals surface area contributed by atoms with Crippen LogP contribution < -0.4 is 5.32 Å². The molecule has 2 atom stereocenters. The molecule has 1 saturated heterocycles. The lowest BCUT2D eigenvalue weighted by atomic mass is 10.1. The Balaban J connectivity index is 2.55. The van der Waals surface area contributed by atoms with Gasteiger partial charge in [0.2, 0.25) is 5.91 Å². The molecule has 2 unspecified atom stereocenters. The number of hydrogen-bond donors (Lipinski definition) is 1. The number of nitrogens with one attached hydrogen (secondary N) is 1. The van der Waals surface area contributed by atoms with Crippen molar-refractivity contribution in [1.29, 1.82) is 0 Å². The number of amides is 1. The summed E-state index contributed by atoms with van der Waals surface area (Å²) >= 11 is 0. The molecule has 0 aromatic carbocycles. The molecule has 5 nitrogen and oxygen atoms in total. The maximum absolute atomic E-state index is 12.5. The van der Waals surface area contributed by atoms with Crippen molar-refractivity contribution < 1.29 is 9.53 Å². The summed E-state index contributed by atoms with van der Waals surface area (Å²) in [5.74, 6) is 0.709. The fourth-order valence-electron chi connectivity index (χ4n) is 2.34. The molecule has 1 aliphatic heterocycles. The van der Waals surface area contributed by atoms with Crippen LogP contribution >= 0.6 is 0 Å². The Morgan fingerprint density at radius 2 is 2.05 bits per heavy atom. The molecule has 112 valence electrons. The van der Waals surface area contributed by atoms with Crippen LogP contribution in [0.2, 0.25) is 0 Å². The van der Waals surface area contributed by atoms with Crippen LogP contribution in [0.15, 0.2) is 0 Å². The highest BCUT2D eigenvalue weighted by atomic mass is 16.5. The van der Waals surface area contributed by atoms with Gasteiger partial charge in [-0.25, -0.2) is 0 Å². The van der Waals surface area contributed by atoms with Crippen LogP contribution in [0.1, 0.15) is 20.3 Å². The number of nitrogens with zero attached hydrogens (tertiary/aromatic N) is 2. The van der Waals surface area contributed by atoms with Gasteiger partial charge in [0.25, 0.3) is 0 Å². The molecular formula is C14H29N3O2.